The Morgan fingerprint density at radius 2 is 1.93 bits per heavy atom. The van der Waals surface area contributed by atoms with E-state index in [1.54, 1.807) is 17.0 Å². The van der Waals surface area contributed by atoms with E-state index < -0.39 is 22.4 Å². The number of hydrogen-bond acceptors (Lipinski definition) is 9. The number of halogens is 4. The summed E-state index contributed by atoms with van der Waals surface area (Å²) >= 11 is 6.48. The molecule has 0 unspecified atom stereocenters. The number of ether oxygens (including phenoxy) is 1. The maximum absolute atomic E-state index is 13.5. The molecule has 0 aliphatic carbocycles. The van der Waals surface area contributed by atoms with Crippen molar-refractivity contribution in [3.05, 3.63) is 74.7 Å². The Hall–Kier alpha value is -3.68. The molecular weight excluding hydrogens is 563 g/mol. The van der Waals surface area contributed by atoms with Crippen molar-refractivity contribution in [1.29, 1.82) is 0 Å². The monoisotopic (exact) mass is 591 g/mol. The van der Waals surface area contributed by atoms with Crippen LogP contribution in [0.3, 0.4) is 0 Å². The van der Waals surface area contributed by atoms with Crippen LogP contribution in [0.1, 0.15) is 23.2 Å². The first-order valence-electron chi connectivity index (χ1n) is 13.2. The lowest BCUT2D eigenvalue weighted by atomic mass is 10.0. The molecule has 1 aromatic heterocycles. The highest BCUT2D eigenvalue weighted by Crippen LogP contribution is 2.39. The van der Waals surface area contributed by atoms with Gasteiger partial charge in [0.1, 0.15) is 23.5 Å². The SMILES string of the molecule is O=[N+]([O-])c1ccc(N2CCc3c(ncnc3Nc3ccc(OCCCN4CCNCC4)c(Cl)c3)C2)cc1C(F)(F)F. The third kappa shape index (κ3) is 6.97. The molecule has 218 valence electrons. The predicted octanol–water partition coefficient (Wildman–Crippen LogP) is 5.04. The van der Waals surface area contributed by atoms with Crippen molar-refractivity contribution in [2.75, 3.05) is 56.1 Å². The van der Waals surface area contributed by atoms with E-state index in [1.165, 1.54) is 12.4 Å². The van der Waals surface area contributed by atoms with Crippen LogP contribution in [0.15, 0.2) is 42.7 Å². The van der Waals surface area contributed by atoms with Crippen LogP contribution in [-0.2, 0) is 19.1 Å². The maximum Gasteiger partial charge on any atom is 0.423 e. The lowest BCUT2D eigenvalue weighted by Crippen LogP contribution is -2.43. The van der Waals surface area contributed by atoms with E-state index in [1.807, 2.05) is 6.07 Å². The van der Waals surface area contributed by atoms with Gasteiger partial charge in [0.2, 0.25) is 0 Å². The Morgan fingerprint density at radius 1 is 1.12 bits per heavy atom. The van der Waals surface area contributed by atoms with Crippen molar-refractivity contribution in [3.8, 4) is 5.75 Å². The first-order chi connectivity index (χ1) is 19.7. The van der Waals surface area contributed by atoms with E-state index in [4.69, 9.17) is 16.3 Å². The second-order valence-corrected chi connectivity index (χ2v) is 10.2. The number of hydrogen-bond donors (Lipinski definition) is 2. The Kier molecular flexibility index (Phi) is 8.76. The smallest absolute Gasteiger partial charge is 0.423 e. The van der Waals surface area contributed by atoms with Gasteiger partial charge in [0.25, 0.3) is 5.69 Å². The van der Waals surface area contributed by atoms with Gasteiger partial charge in [0.15, 0.2) is 0 Å². The van der Waals surface area contributed by atoms with Gasteiger partial charge in [0, 0.05) is 62.3 Å². The van der Waals surface area contributed by atoms with Crippen LogP contribution in [0.5, 0.6) is 5.75 Å². The van der Waals surface area contributed by atoms with E-state index in [0.29, 0.717) is 47.5 Å². The van der Waals surface area contributed by atoms with Crippen molar-refractivity contribution in [1.82, 2.24) is 20.2 Å². The standard InChI is InChI=1S/C27H29ClF3N7O3/c28-22-14-18(2-5-25(22)41-13-1-9-36-11-7-32-8-12-36)35-26-20-6-10-37(16-23(20)33-17-34-26)19-3-4-24(38(39)40)21(15-19)27(29,30)31/h2-5,14-15,17,32H,1,6-13,16H2,(H,33,34,35). The molecule has 2 N–H and O–H groups in total. The van der Waals surface area contributed by atoms with E-state index >= 15 is 0 Å². The highest BCUT2D eigenvalue weighted by atomic mass is 35.5. The van der Waals surface area contributed by atoms with Gasteiger partial charge in [-0.1, -0.05) is 11.6 Å². The Labute approximate surface area is 239 Å². The molecule has 1 fully saturated rings. The molecule has 0 spiro atoms. The summed E-state index contributed by atoms with van der Waals surface area (Å²) in [5.41, 5.74) is 0.174. The number of piperazine rings is 1. The summed E-state index contributed by atoms with van der Waals surface area (Å²) in [4.78, 5) is 22.9. The molecule has 2 aliphatic rings. The zero-order valence-corrected chi connectivity index (χ0v) is 22.8. The molecule has 0 atom stereocenters. The molecular formula is C27H29ClF3N7O3. The van der Waals surface area contributed by atoms with Gasteiger partial charge in [-0.05, 0) is 43.2 Å². The summed E-state index contributed by atoms with van der Waals surface area (Å²) in [6, 6.07) is 8.45. The molecule has 2 aromatic carbocycles. The van der Waals surface area contributed by atoms with Gasteiger partial charge < -0.3 is 25.2 Å². The summed E-state index contributed by atoms with van der Waals surface area (Å²) in [7, 11) is 0. The number of aromatic nitrogens is 2. The highest BCUT2D eigenvalue weighted by molar-refractivity contribution is 6.32. The van der Waals surface area contributed by atoms with Crippen LogP contribution < -0.4 is 20.3 Å². The zero-order valence-electron chi connectivity index (χ0n) is 22.1. The van der Waals surface area contributed by atoms with Crippen molar-refractivity contribution < 1.29 is 22.8 Å². The number of nitrogens with zero attached hydrogens (tertiary/aromatic N) is 5. The van der Waals surface area contributed by atoms with E-state index in [0.717, 1.165) is 56.8 Å². The van der Waals surface area contributed by atoms with Crippen LogP contribution in [-0.4, -0.2) is 65.7 Å². The number of fused-ring (bicyclic) bond motifs is 1. The third-order valence-corrected chi connectivity index (χ3v) is 7.43. The summed E-state index contributed by atoms with van der Waals surface area (Å²) < 4.78 is 46.3. The summed E-state index contributed by atoms with van der Waals surface area (Å²) in [6.07, 6.45) is -2.10. The highest BCUT2D eigenvalue weighted by Gasteiger charge is 2.39. The number of benzene rings is 2. The van der Waals surface area contributed by atoms with Gasteiger partial charge in [0.05, 0.1) is 28.8 Å². The molecule has 0 amide bonds. The van der Waals surface area contributed by atoms with Crippen LogP contribution in [0.4, 0.5) is 36.1 Å². The third-order valence-electron chi connectivity index (χ3n) is 7.13. The van der Waals surface area contributed by atoms with E-state index in [9.17, 15) is 23.3 Å². The fourth-order valence-corrected chi connectivity index (χ4v) is 5.26. The second-order valence-electron chi connectivity index (χ2n) is 9.84. The van der Waals surface area contributed by atoms with Gasteiger partial charge in [-0.15, -0.1) is 0 Å². The molecule has 5 rings (SSSR count). The quantitative estimate of drug-likeness (QED) is 0.201. The number of nitro benzene ring substituents is 1. The fourth-order valence-electron chi connectivity index (χ4n) is 5.03. The molecule has 3 heterocycles. The average molecular weight is 592 g/mol. The molecule has 1 saturated heterocycles. The minimum absolute atomic E-state index is 0.225. The Morgan fingerprint density at radius 3 is 2.66 bits per heavy atom. The van der Waals surface area contributed by atoms with Crippen LogP contribution in [0.25, 0.3) is 0 Å². The average Bonchev–Trinajstić information content (AvgIpc) is 2.96. The van der Waals surface area contributed by atoms with E-state index in [-0.39, 0.29) is 12.2 Å². The number of nitrogens with one attached hydrogen (secondary N) is 2. The Balaban J connectivity index is 1.23. The van der Waals surface area contributed by atoms with E-state index in [2.05, 4.69) is 25.5 Å². The van der Waals surface area contributed by atoms with Crippen LogP contribution >= 0.6 is 11.6 Å². The van der Waals surface area contributed by atoms with Crippen molar-refractivity contribution in [3.63, 3.8) is 0 Å². The van der Waals surface area contributed by atoms with Crippen LogP contribution in [0, 0.1) is 10.1 Å². The second kappa shape index (κ2) is 12.5. The van der Waals surface area contributed by atoms with Crippen molar-refractivity contribution in [2.45, 2.75) is 25.6 Å². The topological polar surface area (TPSA) is 109 Å². The fraction of sp³-hybridized carbons (Fsp3) is 0.407. The number of nitro groups is 1. The first-order valence-corrected chi connectivity index (χ1v) is 13.6. The lowest BCUT2D eigenvalue weighted by Gasteiger charge is -2.31. The van der Waals surface area contributed by atoms with Crippen molar-refractivity contribution in [2.24, 2.45) is 0 Å². The lowest BCUT2D eigenvalue weighted by molar-refractivity contribution is -0.388. The van der Waals surface area contributed by atoms with Gasteiger partial charge >= 0.3 is 6.18 Å². The number of anilines is 3. The van der Waals surface area contributed by atoms with Crippen LogP contribution in [0.2, 0.25) is 5.02 Å². The molecule has 10 nitrogen and oxygen atoms in total. The van der Waals surface area contributed by atoms with Gasteiger partial charge in [-0.2, -0.15) is 13.2 Å². The predicted molar refractivity (Wildman–Crippen MR) is 149 cm³/mol. The molecule has 41 heavy (non-hydrogen) atoms. The Bertz CT molecular complexity index is 1400. The largest absolute Gasteiger partial charge is 0.492 e. The molecule has 14 heteroatoms. The normalized spacial score (nSPS) is 15.9. The maximum atomic E-state index is 13.5. The summed E-state index contributed by atoms with van der Waals surface area (Å²) in [6.45, 7) is 6.25. The van der Waals surface area contributed by atoms with Gasteiger partial charge in [-0.3, -0.25) is 10.1 Å². The summed E-state index contributed by atoms with van der Waals surface area (Å²) in [5, 5.41) is 18.2. The minimum atomic E-state index is -4.85. The molecule has 3 aromatic rings. The number of alkyl halides is 3. The first kappa shape index (κ1) is 28.8. The zero-order chi connectivity index (χ0) is 29.0. The summed E-state index contributed by atoms with van der Waals surface area (Å²) in [5.74, 6) is 1.18. The molecule has 2 aliphatic heterocycles. The van der Waals surface area contributed by atoms with Gasteiger partial charge in [-0.25, -0.2) is 9.97 Å². The van der Waals surface area contributed by atoms with Crippen molar-refractivity contribution >= 4 is 34.5 Å². The number of rotatable bonds is 9. The molecule has 0 radical (unpaired) electrons. The molecule has 0 saturated carbocycles. The molecule has 0 bridgehead atoms. The minimum Gasteiger partial charge on any atom is -0.492 e.